The molecular formula is C14H21N3OS. The minimum atomic E-state index is 0.441. The molecule has 4 nitrogen and oxygen atoms in total. The van der Waals surface area contributed by atoms with Crippen molar-refractivity contribution < 1.29 is 4.74 Å². The number of aryl methyl sites for hydroxylation is 1. The molecule has 0 radical (unpaired) electrons. The third kappa shape index (κ3) is 2.51. The van der Waals surface area contributed by atoms with E-state index in [2.05, 4.69) is 17.1 Å². The zero-order valence-electron chi connectivity index (χ0n) is 11.4. The average molecular weight is 279 g/mol. The van der Waals surface area contributed by atoms with Gasteiger partial charge in [-0.3, -0.25) is 0 Å². The molecule has 1 N–H and O–H groups in total. The van der Waals surface area contributed by atoms with Crippen LogP contribution in [0, 0.1) is 6.92 Å². The standard InChI is InChI=1S/C14H21N3OS/c1-9-13(6-15-10-2-3-10)19-14(16-9)17-7-11-4-5-12(8-17)18-11/h10-12,15H,2-8H2,1H3. The summed E-state index contributed by atoms with van der Waals surface area (Å²) in [5, 5.41) is 4.79. The molecule has 2 bridgehead atoms. The lowest BCUT2D eigenvalue weighted by Gasteiger charge is -2.31. The molecule has 4 rings (SSSR count). The molecule has 19 heavy (non-hydrogen) atoms. The monoisotopic (exact) mass is 279 g/mol. The van der Waals surface area contributed by atoms with E-state index in [4.69, 9.17) is 9.72 Å². The van der Waals surface area contributed by atoms with Crippen molar-refractivity contribution >= 4 is 16.5 Å². The fourth-order valence-electron chi connectivity index (χ4n) is 3.01. The molecule has 2 aliphatic heterocycles. The van der Waals surface area contributed by atoms with Gasteiger partial charge < -0.3 is 15.0 Å². The number of anilines is 1. The molecule has 1 saturated carbocycles. The largest absolute Gasteiger partial charge is 0.371 e. The van der Waals surface area contributed by atoms with Crippen molar-refractivity contribution in [1.82, 2.24) is 10.3 Å². The van der Waals surface area contributed by atoms with E-state index in [0.717, 1.165) is 25.7 Å². The molecule has 2 unspecified atom stereocenters. The van der Waals surface area contributed by atoms with Gasteiger partial charge in [-0.1, -0.05) is 0 Å². The summed E-state index contributed by atoms with van der Waals surface area (Å²) in [5.41, 5.74) is 1.20. The fraction of sp³-hybridized carbons (Fsp3) is 0.786. The Kier molecular flexibility index (Phi) is 3.01. The summed E-state index contributed by atoms with van der Waals surface area (Å²) in [6, 6.07) is 0.768. The summed E-state index contributed by atoms with van der Waals surface area (Å²) in [6.45, 7) is 5.18. The van der Waals surface area contributed by atoms with Gasteiger partial charge in [0.1, 0.15) is 0 Å². The van der Waals surface area contributed by atoms with Gasteiger partial charge in [-0.15, -0.1) is 11.3 Å². The summed E-state index contributed by atoms with van der Waals surface area (Å²) in [5.74, 6) is 0. The van der Waals surface area contributed by atoms with Gasteiger partial charge in [-0.2, -0.15) is 0 Å². The Bertz CT molecular complexity index is 459. The normalized spacial score (nSPS) is 30.1. The molecule has 1 aromatic rings. The number of hydrogen-bond donors (Lipinski definition) is 1. The Balaban J connectivity index is 1.46. The second kappa shape index (κ2) is 4.72. The highest BCUT2D eigenvalue weighted by Gasteiger charge is 2.35. The van der Waals surface area contributed by atoms with Crippen molar-refractivity contribution in [2.75, 3.05) is 18.0 Å². The molecule has 1 aromatic heterocycles. The van der Waals surface area contributed by atoms with E-state index in [0.29, 0.717) is 12.2 Å². The van der Waals surface area contributed by atoms with Gasteiger partial charge in [0.05, 0.1) is 17.9 Å². The first-order chi connectivity index (χ1) is 9.28. The van der Waals surface area contributed by atoms with Crippen LogP contribution in [0.5, 0.6) is 0 Å². The SMILES string of the molecule is Cc1nc(N2CC3CCC(C2)O3)sc1CNC1CC1. The molecule has 3 aliphatic rings. The summed E-state index contributed by atoms with van der Waals surface area (Å²) in [4.78, 5) is 8.62. The van der Waals surface area contributed by atoms with E-state index in [9.17, 15) is 0 Å². The third-order valence-electron chi connectivity index (χ3n) is 4.32. The lowest BCUT2D eigenvalue weighted by atomic mass is 10.2. The van der Waals surface area contributed by atoms with Crippen molar-refractivity contribution in [2.24, 2.45) is 0 Å². The van der Waals surface area contributed by atoms with Crippen molar-refractivity contribution in [1.29, 1.82) is 0 Å². The number of nitrogens with zero attached hydrogens (tertiary/aromatic N) is 2. The molecule has 0 amide bonds. The van der Waals surface area contributed by atoms with Gasteiger partial charge in [-0.05, 0) is 32.6 Å². The van der Waals surface area contributed by atoms with Crippen LogP contribution < -0.4 is 10.2 Å². The molecule has 0 aromatic carbocycles. The first-order valence-corrected chi connectivity index (χ1v) is 8.19. The Morgan fingerprint density at radius 1 is 1.26 bits per heavy atom. The van der Waals surface area contributed by atoms with Gasteiger partial charge in [0, 0.05) is 30.6 Å². The van der Waals surface area contributed by atoms with E-state index >= 15 is 0 Å². The summed E-state index contributed by atoms with van der Waals surface area (Å²) in [6.07, 6.45) is 6.02. The second-order valence-electron chi connectivity index (χ2n) is 6.02. The maximum atomic E-state index is 5.90. The van der Waals surface area contributed by atoms with Gasteiger partial charge in [-0.25, -0.2) is 4.98 Å². The van der Waals surface area contributed by atoms with Crippen molar-refractivity contribution in [3.8, 4) is 0 Å². The Labute approximate surface area is 118 Å². The number of hydrogen-bond acceptors (Lipinski definition) is 5. The Morgan fingerprint density at radius 3 is 2.68 bits per heavy atom. The van der Waals surface area contributed by atoms with E-state index < -0.39 is 0 Å². The van der Waals surface area contributed by atoms with Crippen molar-refractivity contribution in [3.05, 3.63) is 10.6 Å². The number of fused-ring (bicyclic) bond motifs is 2. The molecule has 3 fully saturated rings. The van der Waals surface area contributed by atoms with Gasteiger partial charge in [0.15, 0.2) is 5.13 Å². The predicted molar refractivity (Wildman–Crippen MR) is 76.8 cm³/mol. The highest BCUT2D eigenvalue weighted by Crippen LogP contribution is 2.33. The zero-order chi connectivity index (χ0) is 12.8. The first kappa shape index (κ1) is 12.1. The van der Waals surface area contributed by atoms with Crippen LogP contribution in [0.15, 0.2) is 0 Å². The highest BCUT2D eigenvalue weighted by molar-refractivity contribution is 7.15. The second-order valence-corrected chi connectivity index (χ2v) is 7.08. The molecular weight excluding hydrogens is 258 g/mol. The van der Waals surface area contributed by atoms with E-state index in [-0.39, 0.29) is 0 Å². The van der Waals surface area contributed by atoms with Crippen LogP contribution in [0.2, 0.25) is 0 Å². The van der Waals surface area contributed by atoms with E-state index in [1.54, 1.807) is 0 Å². The van der Waals surface area contributed by atoms with Gasteiger partial charge in [0.25, 0.3) is 0 Å². The minimum absolute atomic E-state index is 0.441. The lowest BCUT2D eigenvalue weighted by Crippen LogP contribution is -2.42. The van der Waals surface area contributed by atoms with Crippen LogP contribution in [0.1, 0.15) is 36.3 Å². The molecule has 5 heteroatoms. The predicted octanol–water partition coefficient (Wildman–Crippen LogP) is 2.07. The molecule has 1 aliphatic carbocycles. The van der Waals surface area contributed by atoms with Gasteiger partial charge >= 0.3 is 0 Å². The van der Waals surface area contributed by atoms with Crippen LogP contribution in [-0.4, -0.2) is 36.3 Å². The van der Waals surface area contributed by atoms with Crippen molar-refractivity contribution in [2.45, 2.75) is 57.4 Å². The first-order valence-electron chi connectivity index (χ1n) is 7.38. The number of ether oxygens (including phenoxy) is 1. The number of aromatic nitrogens is 1. The number of morpholine rings is 1. The molecule has 104 valence electrons. The maximum absolute atomic E-state index is 5.90. The van der Waals surface area contributed by atoms with Crippen LogP contribution in [0.3, 0.4) is 0 Å². The number of rotatable bonds is 4. The fourth-order valence-corrected chi connectivity index (χ4v) is 4.04. The van der Waals surface area contributed by atoms with E-state index in [1.165, 1.54) is 41.4 Å². The van der Waals surface area contributed by atoms with Crippen molar-refractivity contribution in [3.63, 3.8) is 0 Å². The van der Waals surface area contributed by atoms with Crippen LogP contribution >= 0.6 is 11.3 Å². The third-order valence-corrected chi connectivity index (χ3v) is 5.54. The highest BCUT2D eigenvalue weighted by atomic mass is 32.1. The van der Waals surface area contributed by atoms with Crippen LogP contribution in [-0.2, 0) is 11.3 Å². The zero-order valence-corrected chi connectivity index (χ0v) is 12.2. The molecule has 0 spiro atoms. The summed E-state index contributed by atoms with van der Waals surface area (Å²) < 4.78 is 5.90. The quantitative estimate of drug-likeness (QED) is 0.915. The van der Waals surface area contributed by atoms with Crippen LogP contribution in [0.4, 0.5) is 5.13 Å². The minimum Gasteiger partial charge on any atom is -0.371 e. The summed E-state index contributed by atoms with van der Waals surface area (Å²) >= 11 is 1.86. The topological polar surface area (TPSA) is 37.4 Å². The number of thiazole rings is 1. The average Bonchev–Trinajstić information content (AvgIpc) is 3.08. The van der Waals surface area contributed by atoms with E-state index in [1.807, 2.05) is 11.3 Å². The lowest BCUT2D eigenvalue weighted by molar-refractivity contribution is 0.0305. The Hall–Kier alpha value is -0.650. The molecule has 2 saturated heterocycles. The smallest absolute Gasteiger partial charge is 0.185 e. The molecule has 3 heterocycles. The maximum Gasteiger partial charge on any atom is 0.185 e. The Morgan fingerprint density at radius 2 is 2.00 bits per heavy atom. The molecule has 2 atom stereocenters. The summed E-state index contributed by atoms with van der Waals surface area (Å²) in [7, 11) is 0. The van der Waals surface area contributed by atoms with Crippen LogP contribution in [0.25, 0.3) is 0 Å². The number of nitrogens with one attached hydrogen (secondary N) is 1. The van der Waals surface area contributed by atoms with Gasteiger partial charge in [0.2, 0.25) is 0 Å².